The Morgan fingerprint density at radius 2 is 1.32 bits per heavy atom. The molecule has 0 saturated heterocycles. The fraction of sp³-hybridized carbons (Fsp3) is 0.451. The van der Waals surface area contributed by atoms with Gasteiger partial charge in [-0.1, -0.05) is 158 Å². The van der Waals surface area contributed by atoms with Crippen molar-refractivity contribution in [3.8, 4) is 5.75 Å². The highest BCUT2D eigenvalue weighted by Gasteiger charge is 2.50. The van der Waals surface area contributed by atoms with Gasteiger partial charge in [-0.05, 0) is 67.4 Å². The molecule has 0 radical (unpaired) electrons. The average Bonchev–Trinajstić information content (AvgIpc) is 3.54. The molecule has 0 fully saturated rings. The lowest BCUT2D eigenvalue weighted by Crippen LogP contribution is -2.45. The molecule has 0 spiro atoms. The number of amides is 2. The summed E-state index contributed by atoms with van der Waals surface area (Å²) in [6, 6.07) is 15.2. The first-order valence-corrected chi connectivity index (χ1v) is 30.0. The number of anilines is 2. The van der Waals surface area contributed by atoms with Crippen molar-refractivity contribution in [2.75, 3.05) is 34.9 Å². The van der Waals surface area contributed by atoms with Crippen LogP contribution in [-0.4, -0.2) is 70.4 Å². The third kappa shape index (κ3) is 13.5. The third-order valence-electron chi connectivity index (χ3n) is 12.5. The van der Waals surface area contributed by atoms with Crippen LogP contribution in [0.3, 0.4) is 0 Å². The molecule has 0 bridgehead atoms. The number of sulfonamides is 2. The number of rotatable bonds is 29. The number of sulfone groups is 1. The van der Waals surface area contributed by atoms with Gasteiger partial charge in [-0.3, -0.25) is 19.1 Å². The van der Waals surface area contributed by atoms with Crippen LogP contribution < -0.4 is 25.8 Å². The number of benzene rings is 4. The van der Waals surface area contributed by atoms with Crippen LogP contribution in [0.1, 0.15) is 145 Å². The standard InChI is InChI=1S/C51H64Cl2N6O10S3/c1-4-6-7-8-9-10-11-12-13-14-15-16-17-18-19-24-31-69-44-30-29-36(71(65,66)57-42-34-40(53)46(35-39(42)52)70(63,64)32-5-2)33-43(44)56-49(60)47(59-51(62)38-26-21-23-28-45(38)72(59,67)68)48-55-41-27-22-20-25-37(41)50(61)58(48)54-3/h20-23,25-30,33-35,47,54,57H,4-19,24,31-32H2,1-3H3,(H,56,60). The van der Waals surface area contributed by atoms with Crippen molar-refractivity contribution in [2.45, 2.75) is 144 Å². The van der Waals surface area contributed by atoms with Gasteiger partial charge in [-0.15, -0.1) is 0 Å². The number of nitrogens with one attached hydrogen (secondary N) is 3. The fourth-order valence-corrected chi connectivity index (χ4v) is 13.7. The Bertz CT molecular complexity index is 3140. The largest absolute Gasteiger partial charge is 0.491 e. The van der Waals surface area contributed by atoms with Gasteiger partial charge >= 0.3 is 0 Å². The zero-order valence-corrected chi connectivity index (χ0v) is 44.9. The Hall–Kier alpha value is -5.21. The van der Waals surface area contributed by atoms with E-state index in [0.717, 1.165) is 48.6 Å². The summed E-state index contributed by atoms with van der Waals surface area (Å²) in [5.74, 6) is -2.95. The molecule has 1 aromatic heterocycles. The second-order valence-corrected chi connectivity index (χ2v) is 24.2. The van der Waals surface area contributed by atoms with Crippen molar-refractivity contribution < 1.29 is 39.6 Å². The van der Waals surface area contributed by atoms with Crippen molar-refractivity contribution >= 4 is 87.2 Å². The Balaban J connectivity index is 1.26. The highest BCUT2D eigenvalue weighted by Crippen LogP contribution is 2.39. The van der Waals surface area contributed by atoms with Crippen LogP contribution >= 0.6 is 23.2 Å². The quantitative estimate of drug-likeness (QED) is 0.0381. The van der Waals surface area contributed by atoms with E-state index in [1.54, 1.807) is 19.1 Å². The van der Waals surface area contributed by atoms with E-state index < -0.39 is 64.0 Å². The molecule has 2 amide bonds. The van der Waals surface area contributed by atoms with E-state index in [1.165, 1.54) is 126 Å². The van der Waals surface area contributed by atoms with E-state index in [-0.39, 0.29) is 65.8 Å². The van der Waals surface area contributed by atoms with Gasteiger partial charge in [0.1, 0.15) is 10.6 Å². The third-order valence-corrected chi connectivity index (χ3v) is 18.3. The number of carbonyl (C=O) groups is 2. The number of nitrogens with zero attached hydrogens (tertiary/aromatic N) is 3. The molecule has 4 aromatic carbocycles. The molecule has 16 nitrogen and oxygen atoms in total. The van der Waals surface area contributed by atoms with E-state index >= 15 is 4.79 Å². The summed E-state index contributed by atoms with van der Waals surface area (Å²) in [7, 11) is -11.9. The molecule has 21 heteroatoms. The van der Waals surface area contributed by atoms with E-state index in [4.69, 9.17) is 27.9 Å². The molecule has 1 aliphatic rings. The van der Waals surface area contributed by atoms with Gasteiger partial charge in [0, 0.05) is 7.05 Å². The number of para-hydroxylation sites is 1. The summed E-state index contributed by atoms with van der Waals surface area (Å²) in [6.07, 6.45) is 19.1. The maximum atomic E-state index is 15.0. The molecule has 1 unspecified atom stereocenters. The SMILES string of the molecule is CCCCCCCCCCCCCCCCCCOc1ccc(S(=O)(=O)Nc2cc(Cl)c(S(=O)(=O)CCC)cc2Cl)cc1NC(=O)C(c1nc2ccccc2c(=O)n1NC)N1C(=O)c2ccccc2S1(=O)=O. The lowest BCUT2D eigenvalue weighted by atomic mass is 10.0. The number of carbonyl (C=O) groups excluding carboxylic acids is 2. The van der Waals surface area contributed by atoms with Gasteiger partial charge in [0.25, 0.3) is 37.4 Å². The molecule has 2 heterocycles. The van der Waals surface area contributed by atoms with Crippen LogP contribution in [0.25, 0.3) is 10.9 Å². The number of ether oxygens (including phenoxy) is 1. The maximum Gasteiger partial charge on any atom is 0.280 e. The summed E-state index contributed by atoms with van der Waals surface area (Å²) in [6.45, 7) is 4.08. The van der Waals surface area contributed by atoms with Crippen molar-refractivity contribution in [3.63, 3.8) is 0 Å². The first-order valence-electron chi connectivity index (χ1n) is 24.7. The lowest BCUT2D eigenvalue weighted by Gasteiger charge is -2.27. The van der Waals surface area contributed by atoms with Crippen LogP contribution in [-0.2, 0) is 34.7 Å². The summed E-state index contributed by atoms with van der Waals surface area (Å²) in [4.78, 5) is 46.6. The van der Waals surface area contributed by atoms with Crippen LogP contribution in [0.15, 0.2) is 98.3 Å². The predicted octanol–water partition coefficient (Wildman–Crippen LogP) is 11.0. The zero-order chi connectivity index (χ0) is 52.1. The summed E-state index contributed by atoms with van der Waals surface area (Å²) < 4.78 is 92.3. The van der Waals surface area contributed by atoms with Crippen LogP contribution in [0.4, 0.5) is 11.4 Å². The van der Waals surface area contributed by atoms with Crippen LogP contribution in [0, 0.1) is 0 Å². The molecule has 6 rings (SSSR count). The van der Waals surface area contributed by atoms with E-state index in [1.807, 2.05) is 0 Å². The predicted molar refractivity (Wildman–Crippen MR) is 284 cm³/mol. The summed E-state index contributed by atoms with van der Waals surface area (Å²) in [5.41, 5.74) is 1.37. The number of aromatic nitrogens is 2. The maximum absolute atomic E-state index is 15.0. The van der Waals surface area contributed by atoms with Gasteiger partial charge in [-0.25, -0.2) is 39.2 Å². The molecule has 5 aromatic rings. The Morgan fingerprint density at radius 3 is 1.93 bits per heavy atom. The molecule has 390 valence electrons. The number of hydrogen-bond acceptors (Lipinski definition) is 12. The number of halogens is 2. The average molecular weight is 1090 g/mol. The van der Waals surface area contributed by atoms with Crippen molar-refractivity contribution in [1.29, 1.82) is 0 Å². The normalized spacial score (nSPS) is 13.8. The second-order valence-electron chi connectivity index (χ2n) is 17.8. The molecule has 1 aliphatic heterocycles. The highest BCUT2D eigenvalue weighted by atomic mass is 35.5. The first-order chi connectivity index (χ1) is 34.5. The molecule has 72 heavy (non-hydrogen) atoms. The van der Waals surface area contributed by atoms with Crippen molar-refractivity contribution in [2.24, 2.45) is 0 Å². The smallest absolute Gasteiger partial charge is 0.280 e. The molecule has 0 saturated carbocycles. The highest BCUT2D eigenvalue weighted by molar-refractivity contribution is 7.93. The first kappa shape index (κ1) is 56.1. The topological polar surface area (TPSA) is 220 Å². The molecule has 3 N–H and O–H groups in total. The minimum Gasteiger partial charge on any atom is -0.491 e. The van der Waals surface area contributed by atoms with Crippen molar-refractivity contribution in [1.82, 2.24) is 14.0 Å². The number of unbranched alkanes of at least 4 members (excludes halogenated alkanes) is 15. The zero-order valence-electron chi connectivity index (χ0n) is 40.9. The van der Waals surface area contributed by atoms with E-state index in [2.05, 4.69) is 27.4 Å². The number of hydrogen-bond donors (Lipinski definition) is 3. The molecular formula is C51H64Cl2N6O10S3. The molecule has 1 atom stereocenters. The van der Waals surface area contributed by atoms with E-state index in [0.29, 0.717) is 17.1 Å². The summed E-state index contributed by atoms with van der Waals surface area (Å²) >= 11 is 12.8. The minimum atomic E-state index is -4.77. The Labute approximate surface area is 433 Å². The Morgan fingerprint density at radius 1 is 0.722 bits per heavy atom. The van der Waals surface area contributed by atoms with Gasteiger partial charge < -0.3 is 15.5 Å². The van der Waals surface area contributed by atoms with Crippen LogP contribution in [0.5, 0.6) is 5.75 Å². The van der Waals surface area contributed by atoms with Crippen molar-refractivity contribution in [3.05, 3.63) is 111 Å². The molecule has 0 aliphatic carbocycles. The monoisotopic (exact) mass is 1090 g/mol. The molecular weight excluding hydrogens is 1020 g/mol. The fourth-order valence-electron chi connectivity index (χ4n) is 8.70. The Kier molecular flexibility index (Phi) is 20.0. The van der Waals surface area contributed by atoms with Crippen LogP contribution in [0.2, 0.25) is 10.0 Å². The van der Waals surface area contributed by atoms with E-state index in [9.17, 15) is 34.8 Å². The lowest BCUT2D eigenvalue weighted by molar-refractivity contribution is -0.119. The van der Waals surface area contributed by atoms with Gasteiger partial charge in [0.15, 0.2) is 21.7 Å². The van der Waals surface area contributed by atoms with Gasteiger partial charge in [0.05, 0.1) is 60.0 Å². The summed E-state index contributed by atoms with van der Waals surface area (Å²) in [5, 5.41) is 2.22. The minimum absolute atomic E-state index is 0.00457. The van der Waals surface area contributed by atoms with Gasteiger partial charge in [0.2, 0.25) is 0 Å². The second kappa shape index (κ2) is 25.6. The van der Waals surface area contributed by atoms with Gasteiger partial charge in [-0.2, -0.15) is 0 Å². The number of fused-ring (bicyclic) bond motifs is 2.